The highest BCUT2D eigenvalue weighted by Gasteiger charge is 2.30. The van der Waals surface area contributed by atoms with E-state index in [1.54, 1.807) is 18.5 Å². The van der Waals surface area contributed by atoms with Crippen LogP contribution < -0.4 is 10.6 Å². The number of fused-ring (bicyclic) bond motifs is 3. The second-order valence-corrected chi connectivity index (χ2v) is 8.65. The lowest BCUT2D eigenvalue weighted by Gasteiger charge is -2.20. The molecule has 170 valence electrons. The van der Waals surface area contributed by atoms with Gasteiger partial charge in [-0.1, -0.05) is 48.5 Å². The summed E-state index contributed by atoms with van der Waals surface area (Å²) in [6.45, 7) is 1.80. The standard InChI is InChI=1S/C24H23N3O5S/c1-14(23-25-10-11-33-23)26-22(30)20(12-21(28)29)27-24(31)32-13-19-17-8-4-2-6-15(17)16-7-3-5-9-18(16)19/h2-11,14,19-20H,12-13H2,1H3,(H,26,30)(H,27,31)(H,28,29). The number of carbonyl (C=O) groups is 3. The van der Waals surface area contributed by atoms with Crippen molar-refractivity contribution in [2.24, 2.45) is 0 Å². The fourth-order valence-electron chi connectivity index (χ4n) is 3.99. The van der Waals surface area contributed by atoms with Gasteiger partial charge in [-0.15, -0.1) is 11.3 Å². The van der Waals surface area contributed by atoms with Crippen LogP contribution in [0.3, 0.4) is 0 Å². The van der Waals surface area contributed by atoms with Crippen molar-refractivity contribution in [3.05, 3.63) is 76.2 Å². The largest absolute Gasteiger partial charge is 0.481 e. The third-order valence-corrected chi connectivity index (χ3v) is 6.47. The van der Waals surface area contributed by atoms with E-state index < -0.39 is 36.5 Å². The lowest BCUT2D eigenvalue weighted by Crippen LogP contribution is -2.48. The Kier molecular flexibility index (Phi) is 6.69. The fraction of sp³-hybridized carbons (Fsp3) is 0.250. The number of hydrogen-bond acceptors (Lipinski definition) is 6. The number of aliphatic carboxylic acids is 1. The van der Waals surface area contributed by atoms with E-state index in [1.165, 1.54) is 11.3 Å². The summed E-state index contributed by atoms with van der Waals surface area (Å²) in [5, 5.41) is 16.8. The van der Waals surface area contributed by atoms with Crippen LogP contribution in [0.4, 0.5) is 4.79 Å². The van der Waals surface area contributed by atoms with Crippen molar-refractivity contribution in [1.29, 1.82) is 0 Å². The van der Waals surface area contributed by atoms with Crippen LogP contribution in [0.1, 0.15) is 41.4 Å². The molecule has 0 radical (unpaired) electrons. The summed E-state index contributed by atoms with van der Waals surface area (Å²) in [5.41, 5.74) is 4.31. The Labute approximate surface area is 194 Å². The molecule has 33 heavy (non-hydrogen) atoms. The average molecular weight is 466 g/mol. The molecule has 2 aromatic carbocycles. The predicted octanol–water partition coefficient (Wildman–Crippen LogP) is 3.70. The molecular weight excluding hydrogens is 442 g/mol. The zero-order valence-corrected chi connectivity index (χ0v) is 18.7. The smallest absolute Gasteiger partial charge is 0.407 e. The number of alkyl carbamates (subject to hydrolysis) is 1. The van der Waals surface area contributed by atoms with Crippen molar-refractivity contribution in [1.82, 2.24) is 15.6 Å². The number of carbonyl (C=O) groups excluding carboxylic acids is 2. The van der Waals surface area contributed by atoms with E-state index in [1.807, 2.05) is 48.5 Å². The fourth-order valence-corrected chi connectivity index (χ4v) is 4.64. The Balaban J connectivity index is 1.41. The summed E-state index contributed by atoms with van der Waals surface area (Å²) < 4.78 is 5.45. The molecule has 0 fully saturated rings. The van der Waals surface area contributed by atoms with Crippen LogP contribution in [0.25, 0.3) is 11.1 Å². The maximum Gasteiger partial charge on any atom is 0.407 e. The molecule has 8 nitrogen and oxygen atoms in total. The van der Waals surface area contributed by atoms with Crippen LogP contribution in [0.2, 0.25) is 0 Å². The molecule has 0 saturated heterocycles. The first-order valence-corrected chi connectivity index (χ1v) is 11.3. The first kappa shape index (κ1) is 22.5. The van der Waals surface area contributed by atoms with E-state index in [2.05, 4.69) is 15.6 Å². The molecule has 1 aromatic heterocycles. The summed E-state index contributed by atoms with van der Waals surface area (Å²) in [6.07, 6.45) is 0.201. The minimum atomic E-state index is -1.28. The molecule has 1 heterocycles. The van der Waals surface area contributed by atoms with E-state index in [-0.39, 0.29) is 12.5 Å². The molecule has 1 aliphatic rings. The zero-order valence-electron chi connectivity index (χ0n) is 17.9. The first-order chi connectivity index (χ1) is 15.9. The van der Waals surface area contributed by atoms with Crippen molar-refractivity contribution >= 4 is 29.3 Å². The lowest BCUT2D eigenvalue weighted by atomic mass is 9.98. The van der Waals surface area contributed by atoms with Crippen molar-refractivity contribution in [3.63, 3.8) is 0 Å². The van der Waals surface area contributed by atoms with Crippen LogP contribution in [0.5, 0.6) is 0 Å². The Morgan fingerprint density at radius 2 is 1.70 bits per heavy atom. The van der Waals surface area contributed by atoms with Crippen molar-refractivity contribution < 1.29 is 24.2 Å². The number of thiazole rings is 1. The van der Waals surface area contributed by atoms with E-state index in [9.17, 15) is 19.5 Å². The quantitative estimate of drug-likeness (QED) is 0.467. The number of hydrogen-bond donors (Lipinski definition) is 3. The van der Waals surface area contributed by atoms with Gasteiger partial charge in [-0.2, -0.15) is 0 Å². The molecule has 0 saturated carbocycles. The highest BCUT2D eigenvalue weighted by atomic mass is 32.1. The van der Waals surface area contributed by atoms with E-state index in [0.29, 0.717) is 5.01 Å². The zero-order chi connectivity index (χ0) is 23.4. The molecule has 2 unspecified atom stereocenters. The van der Waals surface area contributed by atoms with Gasteiger partial charge in [-0.25, -0.2) is 9.78 Å². The minimum absolute atomic E-state index is 0.0663. The van der Waals surface area contributed by atoms with Gasteiger partial charge in [-0.3, -0.25) is 9.59 Å². The molecule has 0 spiro atoms. The summed E-state index contributed by atoms with van der Waals surface area (Å²) in [7, 11) is 0. The SMILES string of the molecule is CC(NC(=O)C(CC(=O)O)NC(=O)OCC1c2ccccc2-c2ccccc21)c1nccs1. The van der Waals surface area contributed by atoms with Crippen LogP contribution in [-0.4, -0.2) is 40.7 Å². The Hall–Kier alpha value is -3.72. The third kappa shape index (κ3) is 5.04. The number of rotatable bonds is 8. The Morgan fingerprint density at radius 1 is 1.06 bits per heavy atom. The highest BCUT2D eigenvalue weighted by Crippen LogP contribution is 2.44. The van der Waals surface area contributed by atoms with Gasteiger partial charge in [0.05, 0.1) is 12.5 Å². The van der Waals surface area contributed by atoms with Gasteiger partial charge in [0.2, 0.25) is 5.91 Å². The molecule has 3 N–H and O–H groups in total. The molecule has 0 bridgehead atoms. The molecular formula is C24H23N3O5S. The number of carboxylic acid groups (broad SMARTS) is 1. The van der Waals surface area contributed by atoms with Crippen LogP contribution in [0.15, 0.2) is 60.1 Å². The maximum absolute atomic E-state index is 12.6. The number of nitrogens with zero attached hydrogens (tertiary/aromatic N) is 1. The molecule has 2 amide bonds. The Bertz CT molecular complexity index is 1120. The number of ether oxygens (including phenoxy) is 1. The van der Waals surface area contributed by atoms with Gasteiger partial charge in [0, 0.05) is 17.5 Å². The number of benzene rings is 2. The minimum Gasteiger partial charge on any atom is -0.481 e. The van der Waals surface area contributed by atoms with E-state index in [0.717, 1.165) is 22.3 Å². The van der Waals surface area contributed by atoms with Gasteiger partial charge in [0.25, 0.3) is 0 Å². The van der Waals surface area contributed by atoms with Crippen molar-refractivity contribution in [2.45, 2.75) is 31.3 Å². The number of carboxylic acids is 1. The lowest BCUT2D eigenvalue weighted by molar-refractivity contribution is -0.140. The number of nitrogens with one attached hydrogen (secondary N) is 2. The molecule has 1 aliphatic carbocycles. The average Bonchev–Trinajstić information content (AvgIpc) is 3.44. The summed E-state index contributed by atoms with van der Waals surface area (Å²) in [4.78, 5) is 40.6. The Morgan fingerprint density at radius 3 is 2.27 bits per heavy atom. The molecule has 4 rings (SSSR count). The second-order valence-electron chi connectivity index (χ2n) is 7.72. The van der Waals surface area contributed by atoms with E-state index >= 15 is 0 Å². The topological polar surface area (TPSA) is 118 Å². The van der Waals surface area contributed by atoms with Crippen LogP contribution >= 0.6 is 11.3 Å². The summed E-state index contributed by atoms with van der Waals surface area (Å²) in [6, 6.07) is 14.2. The van der Waals surface area contributed by atoms with Gasteiger partial charge in [0.15, 0.2) is 0 Å². The number of aromatic nitrogens is 1. The third-order valence-electron chi connectivity index (χ3n) is 5.51. The van der Waals surface area contributed by atoms with Crippen LogP contribution in [0, 0.1) is 0 Å². The molecule has 3 aromatic rings. The van der Waals surface area contributed by atoms with Gasteiger partial charge in [0.1, 0.15) is 17.7 Å². The van der Waals surface area contributed by atoms with Crippen molar-refractivity contribution in [2.75, 3.05) is 6.61 Å². The summed E-state index contributed by atoms with van der Waals surface area (Å²) in [5.74, 6) is -1.97. The molecule has 2 atom stereocenters. The highest BCUT2D eigenvalue weighted by molar-refractivity contribution is 7.09. The van der Waals surface area contributed by atoms with Gasteiger partial charge >= 0.3 is 12.1 Å². The number of amides is 2. The van der Waals surface area contributed by atoms with Crippen LogP contribution in [-0.2, 0) is 14.3 Å². The van der Waals surface area contributed by atoms with Gasteiger partial charge in [-0.05, 0) is 29.2 Å². The van der Waals surface area contributed by atoms with E-state index in [4.69, 9.17) is 4.74 Å². The van der Waals surface area contributed by atoms with Gasteiger partial charge < -0.3 is 20.5 Å². The first-order valence-electron chi connectivity index (χ1n) is 10.5. The normalized spacial score (nSPS) is 14.0. The monoisotopic (exact) mass is 465 g/mol. The predicted molar refractivity (Wildman–Crippen MR) is 123 cm³/mol. The second kappa shape index (κ2) is 9.83. The molecule has 0 aliphatic heterocycles. The maximum atomic E-state index is 12.6. The molecule has 9 heteroatoms. The van der Waals surface area contributed by atoms with Crippen molar-refractivity contribution in [3.8, 4) is 11.1 Å². The summed E-state index contributed by atoms with van der Waals surface area (Å²) >= 11 is 1.37.